The van der Waals surface area contributed by atoms with Crippen LogP contribution in [-0.4, -0.2) is 31.1 Å². The van der Waals surface area contributed by atoms with Gasteiger partial charge in [-0.1, -0.05) is 17.7 Å². The van der Waals surface area contributed by atoms with Crippen LogP contribution in [0.15, 0.2) is 42.5 Å². The van der Waals surface area contributed by atoms with Gasteiger partial charge in [0.05, 0.1) is 6.54 Å². The van der Waals surface area contributed by atoms with E-state index in [1.54, 1.807) is 24.1 Å². The van der Waals surface area contributed by atoms with E-state index in [1.165, 1.54) is 17.5 Å². The first-order chi connectivity index (χ1) is 11.6. The van der Waals surface area contributed by atoms with E-state index in [9.17, 15) is 4.79 Å². The number of aryl methyl sites for hydroxylation is 2. The average Bonchev–Trinajstić information content (AvgIpc) is 3.04. The van der Waals surface area contributed by atoms with Crippen LogP contribution < -0.4 is 10.1 Å². The molecule has 1 N–H and O–H groups in total. The molecule has 0 unspecified atom stereocenters. The molecule has 2 amide bonds. The second-order valence-corrected chi connectivity index (χ2v) is 6.43. The lowest BCUT2D eigenvalue weighted by molar-refractivity contribution is 0.207. The number of hydrogen-bond acceptors (Lipinski definition) is 2. The van der Waals surface area contributed by atoms with Crippen molar-refractivity contribution in [2.45, 2.75) is 19.3 Å². The fourth-order valence-corrected chi connectivity index (χ4v) is 2.93. The monoisotopic (exact) mass is 344 g/mol. The molecule has 0 aromatic heterocycles. The van der Waals surface area contributed by atoms with E-state index in [2.05, 4.69) is 17.4 Å². The Balaban J connectivity index is 1.47. The molecule has 0 heterocycles. The number of carbonyl (C=O) groups excluding carboxylic acids is 1. The SMILES string of the molecule is CN(CCOc1ccc(Cl)cc1)C(=O)Nc1ccc2c(c1)CCC2. The van der Waals surface area contributed by atoms with E-state index in [0.717, 1.165) is 24.3 Å². The lowest BCUT2D eigenvalue weighted by atomic mass is 10.1. The van der Waals surface area contributed by atoms with E-state index in [4.69, 9.17) is 16.3 Å². The van der Waals surface area contributed by atoms with Gasteiger partial charge < -0.3 is 15.0 Å². The molecule has 126 valence electrons. The van der Waals surface area contributed by atoms with E-state index >= 15 is 0 Å². The maximum Gasteiger partial charge on any atom is 0.321 e. The highest BCUT2D eigenvalue weighted by Crippen LogP contribution is 2.25. The minimum absolute atomic E-state index is 0.132. The van der Waals surface area contributed by atoms with Crippen molar-refractivity contribution in [2.24, 2.45) is 0 Å². The molecule has 4 nitrogen and oxygen atoms in total. The highest BCUT2D eigenvalue weighted by Gasteiger charge is 2.13. The Morgan fingerprint density at radius 3 is 2.71 bits per heavy atom. The van der Waals surface area contributed by atoms with Crippen molar-refractivity contribution in [2.75, 3.05) is 25.5 Å². The molecule has 0 spiro atoms. The van der Waals surface area contributed by atoms with Gasteiger partial charge in [0.1, 0.15) is 12.4 Å². The molecule has 0 saturated carbocycles. The van der Waals surface area contributed by atoms with Crippen LogP contribution in [0.25, 0.3) is 0 Å². The van der Waals surface area contributed by atoms with Crippen molar-refractivity contribution in [3.63, 3.8) is 0 Å². The van der Waals surface area contributed by atoms with E-state index in [0.29, 0.717) is 18.2 Å². The first kappa shape index (κ1) is 16.7. The Hall–Kier alpha value is -2.20. The summed E-state index contributed by atoms with van der Waals surface area (Å²) in [5.74, 6) is 0.742. The number of rotatable bonds is 5. The minimum Gasteiger partial charge on any atom is -0.492 e. The number of fused-ring (bicyclic) bond motifs is 1. The molecule has 2 aromatic carbocycles. The first-order valence-corrected chi connectivity index (χ1v) is 8.52. The van der Waals surface area contributed by atoms with Crippen LogP contribution >= 0.6 is 11.6 Å². The second kappa shape index (κ2) is 7.58. The predicted octanol–water partition coefficient (Wildman–Crippen LogP) is 4.37. The Morgan fingerprint density at radius 1 is 1.17 bits per heavy atom. The number of carbonyl (C=O) groups is 1. The van der Waals surface area contributed by atoms with Crippen molar-refractivity contribution >= 4 is 23.3 Å². The number of likely N-dealkylation sites (N-methyl/N-ethyl adjacent to an activating group) is 1. The van der Waals surface area contributed by atoms with Crippen molar-refractivity contribution in [1.29, 1.82) is 0 Å². The zero-order chi connectivity index (χ0) is 16.9. The maximum absolute atomic E-state index is 12.2. The third-order valence-corrected chi connectivity index (χ3v) is 4.46. The minimum atomic E-state index is -0.132. The first-order valence-electron chi connectivity index (χ1n) is 8.14. The summed E-state index contributed by atoms with van der Waals surface area (Å²) in [7, 11) is 1.76. The molecule has 0 fully saturated rings. The molecular formula is C19H21ClN2O2. The van der Waals surface area contributed by atoms with Crippen LogP contribution in [0.1, 0.15) is 17.5 Å². The number of anilines is 1. The van der Waals surface area contributed by atoms with Crippen molar-refractivity contribution in [1.82, 2.24) is 4.90 Å². The highest BCUT2D eigenvalue weighted by atomic mass is 35.5. The number of nitrogens with one attached hydrogen (secondary N) is 1. The summed E-state index contributed by atoms with van der Waals surface area (Å²) in [6.45, 7) is 0.926. The van der Waals surface area contributed by atoms with Crippen molar-refractivity contribution in [3.8, 4) is 5.75 Å². The number of nitrogens with zero attached hydrogens (tertiary/aromatic N) is 1. The molecule has 24 heavy (non-hydrogen) atoms. The third-order valence-electron chi connectivity index (χ3n) is 4.21. The number of halogens is 1. The quantitative estimate of drug-likeness (QED) is 0.875. The molecule has 3 rings (SSSR count). The summed E-state index contributed by atoms with van der Waals surface area (Å²) < 4.78 is 5.61. The Bertz CT molecular complexity index is 716. The third kappa shape index (κ3) is 4.20. The summed E-state index contributed by atoms with van der Waals surface area (Å²) in [5.41, 5.74) is 3.60. The van der Waals surface area contributed by atoms with Crippen LogP contribution in [0, 0.1) is 0 Å². The van der Waals surface area contributed by atoms with Gasteiger partial charge in [0.2, 0.25) is 0 Å². The average molecular weight is 345 g/mol. The van der Waals surface area contributed by atoms with Gasteiger partial charge in [-0.3, -0.25) is 0 Å². The zero-order valence-electron chi connectivity index (χ0n) is 13.7. The molecular weight excluding hydrogens is 324 g/mol. The molecule has 0 bridgehead atoms. The summed E-state index contributed by atoms with van der Waals surface area (Å²) in [6.07, 6.45) is 3.45. The molecule has 1 aliphatic rings. The Kier molecular flexibility index (Phi) is 5.26. The van der Waals surface area contributed by atoms with Gasteiger partial charge in [-0.25, -0.2) is 4.79 Å². The largest absolute Gasteiger partial charge is 0.492 e. The summed E-state index contributed by atoms with van der Waals surface area (Å²) in [5, 5.41) is 3.62. The highest BCUT2D eigenvalue weighted by molar-refractivity contribution is 6.30. The second-order valence-electron chi connectivity index (χ2n) is 5.99. The normalized spacial score (nSPS) is 12.6. The van der Waals surface area contributed by atoms with Crippen LogP contribution in [0.4, 0.5) is 10.5 Å². The summed E-state index contributed by atoms with van der Waals surface area (Å²) in [6, 6.07) is 13.2. The Morgan fingerprint density at radius 2 is 1.92 bits per heavy atom. The smallest absolute Gasteiger partial charge is 0.321 e. The predicted molar refractivity (Wildman–Crippen MR) is 97.1 cm³/mol. The number of hydrogen-bond donors (Lipinski definition) is 1. The molecule has 0 radical (unpaired) electrons. The van der Waals surface area contributed by atoms with Gasteiger partial charge >= 0.3 is 6.03 Å². The number of urea groups is 1. The van der Waals surface area contributed by atoms with Gasteiger partial charge in [0.15, 0.2) is 0 Å². The Labute approximate surface area is 147 Å². The maximum atomic E-state index is 12.2. The fourth-order valence-electron chi connectivity index (χ4n) is 2.80. The molecule has 0 atom stereocenters. The topological polar surface area (TPSA) is 41.6 Å². The van der Waals surface area contributed by atoms with Crippen LogP contribution in [0.2, 0.25) is 5.02 Å². The van der Waals surface area contributed by atoms with Crippen LogP contribution in [0.5, 0.6) is 5.75 Å². The van der Waals surface area contributed by atoms with Crippen molar-refractivity contribution in [3.05, 3.63) is 58.6 Å². The molecule has 5 heteroatoms. The van der Waals surface area contributed by atoms with Crippen LogP contribution in [0.3, 0.4) is 0 Å². The van der Waals surface area contributed by atoms with Gasteiger partial charge in [0.25, 0.3) is 0 Å². The molecule has 0 aliphatic heterocycles. The van der Waals surface area contributed by atoms with Gasteiger partial charge in [-0.05, 0) is 66.8 Å². The lowest BCUT2D eigenvalue weighted by Crippen LogP contribution is -2.34. The zero-order valence-corrected chi connectivity index (χ0v) is 14.5. The number of benzene rings is 2. The van der Waals surface area contributed by atoms with Gasteiger partial charge in [0, 0.05) is 17.8 Å². The van der Waals surface area contributed by atoms with Gasteiger partial charge in [-0.2, -0.15) is 0 Å². The van der Waals surface area contributed by atoms with Gasteiger partial charge in [-0.15, -0.1) is 0 Å². The lowest BCUT2D eigenvalue weighted by Gasteiger charge is -2.18. The fraction of sp³-hybridized carbons (Fsp3) is 0.316. The number of amides is 2. The standard InChI is InChI=1S/C19H21ClN2O2/c1-22(11-12-24-18-9-6-16(20)7-10-18)19(23)21-17-8-5-14-3-2-4-15(14)13-17/h5-10,13H,2-4,11-12H2,1H3,(H,21,23). The molecule has 2 aromatic rings. The van der Waals surface area contributed by atoms with E-state index < -0.39 is 0 Å². The molecule has 1 aliphatic carbocycles. The van der Waals surface area contributed by atoms with E-state index in [1.807, 2.05) is 18.2 Å². The summed E-state index contributed by atoms with van der Waals surface area (Å²) in [4.78, 5) is 13.9. The van der Waals surface area contributed by atoms with Crippen molar-refractivity contribution < 1.29 is 9.53 Å². The van der Waals surface area contributed by atoms with Crippen LogP contribution in [-0.2, 0) is 12.8 Å². The van der Waals surface area contributed by atoms with E-state index in [-0.39, 0.29) is 6.03 Å². The molecule has 0 saturated heterocycles. The number of ether oxygens (including phenoxy) is 1. The summed E-state index contributed by atoms with van der Waals surface area (Å²) >= 11 is 5.83.